The number of nitrogens with zero attached hydrogens (tertiary/aromatic N) is 10. The zero-order valence-corrected chi connectivity index (χ0v) is 40.3. The van der Waals surface area contributed by atoms with E-state index >= 15 is 0 Å². The van der Waals surface area contributed by atoms with E-state index in [9.17, 15) is 8.42 Å². The van der Waals surface area contributed by atoms with Gasteiger partial charge in [-0.05, 0) is 89.3 Å². The summed E-state index contributed by atoms with van der Waals surface area (Å²) >= 11 is 5.91. The van der Waals surface area contributed by atoms with E-state index in [0.29, 0.717) is 49.7 Å². The van der Waals surface area contributed by atoms with Gasteiger partial charge in [-0.1, -0.05) is 6.92 Å². The van der Waals surface area contributed by atoms with Crippen LogP contribution in [0.25, 0.3) is 11.4 Å². The Morgan fingerprint density at radius 1 is 0.790 bits per heavy atom. The van der Waals surface area contributed by atoms with Gasteiger partial charge in [0.05, 0.1) is 49.7 Å². The lowest BCUT2D eigenvalue weighted by Gasteiger charge is -2.34. The van der Waals surface area contributed by atoms with Crippen LogP contribution in [-0.2, 0) is 44.7 Å². The maximum atomic E-state index is 12.2. The van der Waals surface area contributed by atoms with Crippen LogP contribution in [0.15, 0.2) is 57.5 Å². The van der Waals surface area contributed by atoms with Gasteiger partial charge >= 0.3 is 7.12 Å². The Morgan fingerprint density at radius 2 is 1.32 bits per heavy atom. The van der Waals surface area contributed by atoms with Gasteiger partial charge in [-0.3, -0.25) is 4.98 Å². The second-order valence-corrected chi connectivity index (χ2v) is 22.2. The van der Waals surface area contributed by atoms with Crippen molar-refractivity contribution in [2.24, 2.45) is 8.73 Å². The van der Waals surface area contributed by atoms with E-state index < -0.39 is 19.5 Å². The quantitative estimate of drug-likeness (QED) is 0.164. The van der Waals surface area contributed by atoms with Crippen molar-refractivity contribution >= 4 is 72.7 Å². The molecule has 7 heterocycles. The Hall–Kier alpha value is -4.05. The van der Waals surface area contributed by atoms with Crippen LogP contribution in [0.1, 0.15) is 54.2 Å². The molecule has 4 aromatic rings. The number of hydrogen-bond acceptors (Lipinski definition) is 17. The molecule has 21 heteroatoms. The number of morpholine rings is 2. The number of ether oxygens (including phenoxy) is 2. The fourth-order valence-electron chi connectivity index (χ4n) is 6.44. The van der Waals surface area contributed by atoms with Crippen LogP contribution in [0.2, 0.25) is 5.28 Å². The Bertz CT molecular complexity index is 2400. The van der Waals surface area contributed by atoms with Crippen molar-refractivity contribution in [2.45, 2.75) is 78.2 Å². The fourth-order valence-corrected chi connectivity index (χ4v) is 7.70. The van der Waals surface area contributed by atoms with Crippen molar-refractivity contribution in [3.8, 4) is 11.4 Å². The zero-order chi connectivity index (χ0) is 45.5. The number of hydrogen-bond donors (Lipinski definition) is 1. The molecule has 0 amide bonds. The van der Waals surface area contributed by atoms with Crippen LogP contribution < -0.4 is 20.6 Å². The largest absolute Gasteiger partial charge is 0.495 e. The normalized spacial score (nSPS) is 19.7. The van der Waals surface area contributed by atoms with Crippen molar-refractivity contribution in [1.82, 2.24) is 29.9 Å². The van der Waals surface area contributed by atoms with Gasteiger partial charge < -0.3 is 33.9 Å². The van der Waals surface area contributed by atoms with Gasteiger partial charge in [0.25, 0.3) is 0 Å². The molecule has 7 rings (SSSR count). The Labute approximate surface area is 373 Å². The molecule has 3 saturated heterocycles. The monoisotopic (exact) mass is 913 g/mol. The molecule has 0 radical (unpaired) electrons. The number of aromatic nitrogens is 6. The average molecular weight is 914 g/mol. The molecule has 17 nitrogen and oxygen atoms in total. The summed E-state index contributed by atoms with van der Waals surface area (Å²) in [5, 5.41) is 3.12. The lowest BCUT2D eigenvalue weighted by molar-refractivity contribution is 0.00578. The highest BCUT2D eigenvalue weighted by molar-refractivity contribution is 7.92. The number of pyridine rings is 2. The molecule has 0 aromatic carbocycles. The van der Waals surface area contributed by atoms with Gasteiger partial charge in [-0.15, -0.1) is 0 Å². The predicted molar refractivity (Wildman–Crippen MR) is 251 cm³/mol. The van der Waals surface area contributed by atoms with Crippen molar-refractivity contribution in [3.63, 3.8) is 0 Å². The first-order valence-electron chi connectivity index (χ1n) is 20.5. The maximum absolute atomic E-state index is 12.2. The summed E-state index contributed by atoms with van der Waals surface area (Å²) in [5.41, 5.74) is 2.24. The van der Waals surface area contributed by atoms with Gasteiger partial charge in [-0.25, -0.2) is 28.4 Å². The van der Waals surface area contributed by atoms with Crippen LogP contribution >= 0.6 is 11.6 Å². The third kappa shape index (κ3) is 13.7. The van der Waals surface area contributed by atoms with Crippen LogP contribution in [0.5, 0.6) is 0 Å². The first-order valence-corrected chi connectivity index (χ1v) is 25.5. The number of nitrogens with one attached hydrogen (secondary N) is 1. The third-order valence-corrected chi connectivity index (χ3v) is 11.7. The Morgan fingerprint density at radius 3 is 1.84 bits per heavy atom. The Balaban J connectivity index is 0.000000181. The van der Waals surface area contributed by atoms with Crippen LogP contribution in [-0.4, -0.2) is 140 Å². The lowest BCUT2D eigenvalue weighted by Crippen LogP contribution is -2.44. The topological polar surface area (TPSA) is 192 Å². The molecule has 0 bridgehead atoms. The highest BCUT2D eigenvalue weighted by atomic mass is 35.5. The van der Waals surface area contributed by atoms with E-state index in [0.717, 1.165) is 47.9 Å². The number of aryl methyl sites for hydroxylation is 1. The first-order chi connectivity index (χ1) is 29.1. The summed E-state index contributed by atoms with van der Waals surface area (Å²) in [6.45, 7) is 18.5. The predicted octanol–water partition coefficient (Wildman–Crippen LogP) is 5.82. The van der Waals surface area contributed by atoms with Crippen LogP contribution in [0.3, 0.4) is 0 Å². The molecule has 4 aromatic heterocycles. The van der Waals surface area contributed by atoms with E-state index in [-0.39, 0.29) is 35.7 Å². The molecule has 3 aliphatic rings. The summed E-state index contributed by atoms with van der Waals surface area (Å²) in [6.07, 6.45) is 10.7. The van der Waals surface area contributed by atoms with Crippen LogP contribution in [0, 0.1) is 0 Å². The SMILES string of the molecule is CCc1cc(-c2nc(N=S(C)(C)=O)cc(N3CCOC[C@H]3C)n2)ccn1.CNc1cc(B2OC(C)(C)C(C)(C)O2)ccn1.C[C@@H]1COCCN1c1cc(N=S(C)(C)=O)nc(Cl)n1. The van der Waals surface area contributed by atoms with Crippen molar-refractivity contribution < 1.29 is 27.2 Å². The zero-order valence-electron chi connectivity index (χ0n) is 37.9. The van der Waals surface area contributed by atoms with E-state index in [2.05, 4.69) is 69.5 Å². The van der Waals surface area contributed by atoms with E-state index in [4.69, 9.17) is 35.4 Å². The van der Waals surface area contributed by atoms with Gasteiger partial charge in [0.2, 0.25) is 5.28 Å². The maximum Gasteiger partial charge on any atom is 0.495 e. The van der Waals surface area contributed by atoms with Gasteiger partial charge in [0.15, 0.2) is 17.5 Å². The minimum Gasteiger partial charge on any atom is -0.399 e. The molecule has 3 aliphatic heterocycles. The molecular formula is C41H61BClN11O6S2. The molecular weight excluding hydrogens is 853 g/mol. The molecule has 0 unspecified atom stereocenters. The molecule has 338 valence electrons. The standard InChI is InChI=1S/C18H25N5O2S.C12H19BN2O2.C11H17ClN4O2S/c1-5-15-10-14(6-7-19-15)18-20-16(22-26(3,4)24)11-17(21-18)23-8-9-25-12-13(23)2;1-11(2)12(3,4)17-13(16-11)9-6-7-15-10(8-9)14-5;1-8-7-18-5-4-16(8)10-6-9(13-11(12)14-10)15-19(2,3)17/h6-7,10-11,13H,5,8-9,12H2,1-4H3;6-8H,1-5H3,(H,14,15);6,8H,4-5,7H2,1-3H3/t13-;;8-/m1.1/s1. The second kappa shape index (κ2) is 20.6. The highest BCUT2D eigenvalue weighted by Gasteiger charge is 2.51. The Kier molecular flexibility index (Phi) is 16.3. The van der Waals surface area contributed by atoms with Crippen molar-refractivity contribution in [2.75, 3.05) is 86.7 Å². The summed E-state index contributed by atoms with van der Waals surface area (Å²) in [7, 11) is -3.07. The molecule has 0 aliphatic carbocycles. The van der Waals surface area contributed by atoms with Crippen LogP contribution in [0.4, 0.5) is 29.1 Å². The average Bonchev–Trinajstić information content (AvgIpc) is 3.42. The molecule has 1 N–H and O–H groups in total. The minimum absolute atomic E-state index is 0.110. The molecule has 3 fully saturated rings. The summed E-state index contributed by atoms with van der Waals surface area (Å²) in [4.78, 5) is 30.3. The van der Waals surface area contributed by atoms with Crippen molar-refractivity contribution in [3.05, 3.63) is 59.8 Å². The minimum atomic E-state index is -2.32. The van der Waals surface area contributed by atoms with Gasteiger partial charge in [0, 0.05) is 100 Å². The molecule has 0 saturated carbocycles. The third-order valence-electron chi connectivity index (χ3n) is 10.3. The lowest BCUT2D eigenvalue weighted by atomic mass is 9.80. The van der Waals surface area contributed by atoms with E-state index in [1.165, 1.54) is 0 Å². The fraction of sp³-hybridized carbons (Fsp3) is 0.561. The number of anilines is 3. The summed E-state index contributed by atoms with van der Waals surface area (Å²) in [5.74, 6) is 3.65. The van der Waals surface area contributed by atoms with E-state index in [1.54, 1.807) is 49.5 Å². The summed E-state index contributed by atoms with van der Waals surface area (Å²) in [6, 6.07) is 11.7. The first kappa shape index (κ1) is 49.0. The number of halogens is 1. The molecule has 0 spiro atoms. The number of rotatable bonds is 8. The smallest absolute Gasteiger partial charge is 0.399 e. The van der Waals surface area contributed by atoms with Gasteiger partial charge in [0.1, 0.15) is 17.5 Å². The molecule has 2 atom stereocenters. The summed E-state index contributed by atoms with van der Waals surface area (Å²) < 4.78 is 55.1. The van der Waals surface area contributed by atoms with E-state index in [1.807, 2.05) is 59.0 Å². The second-order valence-electron chi connectivity index (χ2n) is 16.7. The van der Waals surface area contributed by atoms with Gasteiger partial charge in [-0.2, -0.15) is 13.7 Å². The van der Waals surface area contributed by atoms with Crippen molar-refractivity contribution in [1.29, 1.82) is 0 Å². The molecule has 62 heavy (non-hydrogen) atoms. The highest BCUT2D eigenvalue weighted by Crippen LogP contribution is 2.36.